The number of benzene rings is 1. The van der Waals surface area contributed by atoms with Crippen LogP contribution in [0.5, 0.6) is 0 Å². The molecular weight excluding hydrogens is 304 g/mol. The normalized spacial score (nSPS) is 12.6. The van der Waals surface area contributed by atoms with E-state index in [2.05, 4.69) is 33.0 Å². The number of carbonyl (C=O) groups excluding carboxylic acids is 1. The van der Waals surface area contributed by atoms with Gasteiger partial charge in [0.25, 0.3) is 0 Å². The fraction of sp³-hybridized carbons (Fsp3) is 0.421. The number of anilines is 2. The molecular formula is C19H26N2OS. The van der Waals surface area contributed by atoms with E-state index >= 15 is 0 Å². The van der Waals surface area contributed by atoms with E-state index in [9.17, 15) is 4.79 Å². The van der Waals surface area contributed by atoms with Gasteiger partial charge in [0, 0.05) is 17.1 Å². The molecule has 0 spiro atoms. The van der Waals surface area contributed by atoms with Crippen molar-refractivity contribution in [1.82, 2.24) is 5.32 Å². The summed E-state index contributed by atoms with van der Waals surface area (Å²) in [5.41, 5.74) is 1.85. The molecule has 2 aromatic rings. The Morgan fingerprint density at radius 1 is 1.09 bits per heavy atom. The summed E-state index contributed by atoms with van der Waals surface area (Å²) in [7, 11) is 0. The smallest absolute Gasteiger partial charge is 0.248 e. The second-order valence-electron chi connectivity index (χ2n) is 6.49. The van der Waals surface area contributed by atoms with Crippen LogP contribution < -0.4 is 10.2 Å². The summed E-state index contributed by atoms with van der Waals surface area (Å²) in [5.74, 6) is 0.562. The number of thiophene rings is 1. The van der Waals surface area contributed by atoms with Gasteiger partial charge in [-0.1, -0.05) is 45.9 Å². The highest BCUT2D eigenvalue weighted by molar-refractivity contribution is 7.08. The lowest BCUT2D eigenvalue weighted by Crippen LogP contribution is -2.48. The SMILES string of the molecule is CC(C)C[C@H](NC(C)C)C(=O)N(c1ccccc1)c1ccsc1. The van der Waals surface area contributed by atoms with E-state index < -0.39 is 0 Å². The molecule has 0 fully saturated rings. The Hall–Kier alpha value is -1.65. The van der Waals surface area contributed by atoms with E-state index in [1.54, 1.807) is 11.3 Å². The molecule has 1 atom stereocenters. The lowest BCUT2D eigenvalue weighted by molar-refractivity contribution is -0.120. The quantitative estimate of drug-likeness (QED) is 0.789. The van der Waals surface area contributed by atoms with Crippen LogP contribution in [0.2, 0.25) is 0 Å². The first kappa shape index (κ1) is 17.7. The van der Waals surface area contributed by atoms with Crippen molar-refractivity contribution in [1.29, 1.82) is 0 Å². The van der Waals surface area contributed by atoms with Gasteiger partial charge in [0.2, 0.25) is 5.91 Å². The average Bonchev–Trinajstić information content (AvgIpc) is 3.01. The minimum absolute atomic E-state index is 0.108. The van der Waals surface area contributed by atoms with Crippen LogP contribution in [-0.4, -0.2) is 18.0 Å². The van der Waals surface area contributed by atoms with Crippen LogP contribution in [0, 0.1) is 5.92 Å². The molecule has 2 rings (SSSR count). The highest BCUT2D eigenvalue weighted by Crippen LogP contribution is 2.29. The van der Waals surface area contributed by atoms with Crippen LogP contribution in [0.3, 0.4) is 0 Å². The molecule has 124 valence electrons. The lowest BCUT2D eigenvalue weighted by Gasteiger charge is -2.29. The molecule has 1 aromatic heterocycles. The van der Waals surface area contributed by atoms with Crippen LogP contribution in [0.15, 0.2) is 47.2 Å². The highest BCUT2D eigenvalue weighted by Gasteiger charge is 2.28. The maximum atomic E-state index is 13.3. The van der Waals surface area contributed by atoms with Gasteiger partial charge in [-0.15, -0.1) is 0 Å². The second kappa shape index (κ2) is 8.27. The third-order valence-electron chi connectivity index (χ3n) is 3.54. The molecule has 0 aliphatic rings. The number of hydrogen-bond acceptors (Lipinski definition) is 3. The molecule has 0 saturated carbocycles. The summed E-state index contributed by atoms with van der Waals surface area (Å²) < 4.78 is 0. The standard InChI is InChI=1S/C19H26N2OS/c1-14(2)12-18(20-15(3)4)19(22)21(17-10-11-23-13-17)16-8-6-5-7-9-16/h5-11,13-15,18,20H,12H2,1-4H3/t18-/m0/s1. The van der Waals surface area contributed by atoms with Crippen LogP contribution >= 0.6 is 11.3 Å². The van der Waals surface area contributed by atoms with Gasteiger partial charge in [0.1, 0.15) is 0 Å². The van der Waals surface area contributed by atoms with Crippen molar-refractivity contribution in [3.05, 3.63) is 47.2 Å². The number of hydrogen-bond donors (Lipinski definition) is 1. The molecule has 3 nitrogen and oxygen atoms in total. The van der Waals surface area contributed by atoms with Gasteiger partial charge in [-0.2, -0.15) is 11.3 Å². The number of nitrogens with zero attached hydrogens (tertiary/aromatic N) is 1. The van der Waals surface area contributed by atoms with Gasteiger partial charge in [-0.3, -0.25) is 9.69 Å². The largest absolute Gasteiger partial charge is 0.304 e. The third kappa shape index (κ3) is 4.91. The summed E-state index contributed by atoms with van der Waals surface area (Å²) in [6.07, 6.45) is 0.824. The Morgan fingerprint density at radius 2 is 1.78 bits per heavy atom. The third-order valence-corrected chi connectivity index (χ3v) is 4.21. The number of para-hydroxylation sites is 1. The van der Waals surface area contributed by atoms with Crippen molar-refractivity contribution in [2.24, 2.45) is 5.92 Å². The first-order valence-electron chi connectivity index (χ1n) is 8.16. The molecule has 0 saturated heterocycles. The minimum Gasteiger partial charge on any atom is -0.304 e. The molecule has 1 N–H and O–H groups in total. The molecule has 0 aliphatic carbocycles. The summed E-state index contributed by atoms with van der Waals surface area (Å²) in [4.78, 5) is 15.1. The summed E-state index contributed by atoms with van der Waals surface area (Å²) in [6, 6.07) is 12.0. The Labute approximate surface area is 143 Å². The zero-order chi connectivity index (χ0) is 16.8. The second-order valence-corrected chi connectivity index (χ2v) is 7.27. The van der Waals surface area contributed by atoms with Crippen LogP contribution in [0.1, 0.15) is 34.1 Å². The van der Waals surface area contributed by atoms with Crippen molar-refractivity contribution in [3.8, 4) is 0 Å². The summed E-state index contributed by atoms with van der Waals surface area (Å²) >= 11 is 1.61. The molecule has 4 heteroatoms. The topological polar surface area (TPSA) is 32.3 Å². The number of rotatable bonds is 7. The molecule has 0 bridgehead atoms. The molecule has 23 heavy (non-hydrogen) atoms. The maximum absolute atomic E-state index is 13.3. The summed E-state index contributed by atoms with van der Waals surface area (Å²) in [5, 5.41) is 7.46. The molecule has 0 unspecified atom stereocenters. The van der Waals surface area contributed by atoms with E-state index in [4.69, 9.17) is 0 Å². The number of nitrogens with one attached hydrogen (secondary N) is 1. The molecule has 0 radical (unpaired) electrons. The van der Waals surface area contributed by atoms with Gasteiger partial charge in [0.05, 0.1) is 11.7 Å². The maximum Gasteiger partial charge on any atom is 0.248 e. The van der Waals surface area contributed by atoms with Crippen molar-refractivity contribution in [2.45, 2.75) is 46.2 Å². The molecule has 1 heterocycles. The van der Waals surface area contributed by atoms with Gasteiger partial charge >= 0.3 is 0 Å². The van der Waals surface area contributed by atoms with E-state index in [1.807, 2.05) is 52.1 Å². The monoisotopic (exact) mass is 330 g/mol. The van der Waals surface area contributed by atoms with E-state index in [0.717, 1.165) is 17.8 Å². The predicted octanol–water partition coefficient (Wildman–Crippen LogP) is 4.83. The number of carbonyl (C=O) groups is 1. The zero-order valence-corrected chi connectivity index (χ0v) is 15.1. The first-order chi connectivity index (χ1) is 11.0. The van der Waals surface area contributed by atoms with Crippen molar-refractivity contribution < 1.29 is 4.79 Å². The fourth-order valence-corrected chi connectivity index (χ4v) is 3.25. The average molecular weight is 330 g/mol. The van der Waals surface area contributed by atoms with E-state index in [1.165, 1.54) is 0 Å². The van der Waals surface area contributed by atoms with Crippen molar-refractivity contribution in [3.63, 3.8) is 0 Å². The first-order valence-corrected chi connectivity index (χ1v) is 9.10. The molecule has 0 aliphatic heterocycles. The zero-order valence-electron chi connectivity index (χ0n) is 14.3. The fourth-order valence-electron chi connectivity index (χ4n) is 2.63. The van der Waals surface area contributed by atoms with Gasteiger partial charge in [-0.25, -0.2) is 0 Å². The minimum atomic E-state index is -0.185. The highest BCUT2D eigenvalue weighted by atomic mass is 32.1. The van der Waals surface area contributed by atoms with Gasteiger partial charge in [-0.05, 0) is 35.9 Å². The number of amides is 1. The van der Waals surface area contributed by atoms with Gasteiger partial charge < -0.3 is 5.32 Å². The Bertz CT molecular complexity index is 583. The Balaban J connectivity index is 2.35. The predicted molar refractivity (Wildman–Crippen MR) is 99.4 cm³/mol. The molecule has 1 amide bonds. The van der Waals surface area contributed by atoms with Crippen LogP contribution in [-0.2, 0) is 4.79 Å². The van der Waals surface area contributed by atoms with Crippen LogP contribution in [0.4, 0.5) is 11.4 Å². The van der Waals surface area contributed by atoms with Crippen molar-refractivity contribution in [2.75, 3.05) is 4.90 Å². The van der Waals surface area contributed by atoms with Crippen molar-refractivity contribution >= 4 is 28.6 Å². The Kier molecular flexibility index (Phi) is 6.37. The summed E-state index contributed by atoms with van der Waals surface area (Å²) in [6.45, 7) is 8.47. The lowest BCUT2D eigenvalue weighted by atomic mass is 10.0. The molecule has 1 aromatic carbocycles. The van der Waals surface area contributed by atoms with Gasteiger partial charge in [0.15, 0.2) is 0 Å². The Morgan fingerprint density at radius 3 is 2.30 bits per heavy atom. The van der Waals surface area contributed by atoms with E-state index in [-0.39, 0.29) is 18.0 Å². The van der Waals surface area contributed by atoms with E-state index in [0.29, 0.717) is 5.92 Å². The van der Waals surface area contributed by atoms with Crippen LogP contribution in [0.25, 0.3) is 0 Å².